The van der Waals surface area contributed by atoms with Gasteiger partial charge in [0.2, 0.25) is 0 Å². The Balaban J connectivity index is 2.95. The summed E-state index contributed by atoms with van der Waals surface area (Å²) in [5, 5.41) is 0. The Kier molecular flexibility index (Phi) is 8.89. The van der Waals surface area contributed by atoms with Crippen LogP contribution in [0.15, 0.2) is 0 Å². The normalized spacial score (nSPS) is 33.8. The molecule has 0 aromatic carbocycles. The quantitative estimate of drug-likeness (QED) is 0.401. The maximum atomic E-state index is 2.40. The fraction of sp³-hybridized carbons (Fsp3) is 1.00. The van der Waals surface area contributed by atoms with Gasteiger partial charge in [-0.05, 0) is 29.6 Å². The molecule has 0 N–H and O–H groups in total. The van der Waals surface area contributed by atoms with E-state index < -0.39 is 0 Å². The third kappa shape index (κ3) is 4.25. The molecule has 120 valence electrons. The molecule has 0 unspecified atom stereocenters. The molecule has 0 saturated heterocycles. The molecule has 1 fully saturated rings. The van der Waals surface area contributed by atoms with E-state index in [0.29, 0.717) is 0 Å². The number of hydrogen-bond acceptors (Lipinski definition) is 0. The van der Waals surface area contributed by atoms with E-state index in [4.69, 9.17) is 0 Å². The molecule has 0 heteroatoms. The van der Waals surface area contributed by atoms with Gasteiger partial charge in [0.05, 0.1) is 0 Å². The zero-order valence-electron chi connectivity index (χ0n) is 15.0. The Labute approximate surface area is 129 Å². The summed E-state index contributed by atoms with van der Waals surface area (Å²) in [5.41, 5.74) is 0. The first-order valence-electron chi connectivity index (χ1n) is 9.74. The van der Waals surface area contributed by atoms with Crippen molar-refractivity contribution in [3.8, 4) is 0 Å². The molecule has 0 nitrogen and oxygen atoms in total. The highest BCUT2D eigenvalue weighted by Gasteiger charge is 2.47. The smallest absolute Gasteiger partial charge is 0.0352 e. The van der Waals surface area contributed by atoms with Crippen LogP contribution in [-0.2, 0) is 0 Å². The fourth-order valence-electron chi connectivity index (χ4n) is 5.39. The summed E-state index contributed by atoms with van der Waals surface area (Å²) < 4.78 is 0. The van der Waals surface area contributed by atoms with E-state index in [1.54, 1.807) is 0 Å². The van der Waals surface area contributed by atoms with Gasteiger partial charge < -0.3 is 0 Å². The van der Waals surface area contributed by atoms with Crippen molar-refractivity contribution < 1.29 is 0 Å². The van der Waals surface area contributed by atoms with Crippen LogP contribution < -0.4 is 0 Å². The van der Waals surface area contributed by atoms with Crippen LogP contribution in [0.4, 0.5) is 0 Å². The van der Waals surface area contributed by atoms with Crippen LogP contribution in [0.5, 0.6) is 0 Å². The Morgan fingerprint density at radius 1 is 0.350 bits per heavy atom. The lowest BCUT2D eigenvalue weighted by molar-refractivity contribution is 0.235. The third-order valence-electron chi connectivity index (χ3n) is 5.86. The van der Waals surface area contributed by atoms with E-state index in [1.807, 2.05) is 0 Å². The van der Waals surface area contributed by atoms with Gasteiger partial charge in [-0.2, -0.15) is 0 Å². The van der Waals surface area contributed by atoms with Gasteiger partial charge in [-0.15, -0.1) is 0 Å². The van der Waals surface area contributed by atoms with Crippen LogP contribution >= 0.6 is 0 Å². The Hall–Kier alpha value is 0. The predicted octanol–water partition coefficient (Wildman–Crippen LogP) is 7.08. The minimum atomic E-state index is 1.05. The van der Waals surface area contributed by atoms with Gasteiger partial charge in [-0.3, -0.25) is 0 Å². The zero-order valence-corrected chi connectivity index (χ0v) is 15.0. The lowest BCUT2D eigenvalue weighted by Crippen LogP contribution is -2.18. The van der Waals surface area contributed by atoms with Crippen molar-refractivity contribution >= 4 is 0 Å². The summed E-state index contributed by atoms with van der Waals surface area (Å²) in [6.45, 7) is 12.0. The van der Waals surface area contributed by atoms with E-state index >= 15 is 0 Å². The van der Waals surface area contributed by atoms with E-state index in [1.165, 1.54) is 64.2 Å². The molecule has 0 heterocycles. The topological polar surface area (TPSA) is 0 Å². The molecule has 0 aliphatic heterocycles. The lowest BCUT2D eigenvalue weighted by atomic mass is 9.79. The van der Waals surface area contributed by atoms with Crippen LogP contribution in [-0.4, -0.2) is 0 Å². The highest BCUT2D eigenvalue weighted by Crippen LogP contribution is 2.54. The molecule has 0 aromatic heterocycles. The first kappa shape index (κ1) is 18.1. The largest absolute Gasteiger partial charge is 0.0654 e. The lowest BCUT2D eigenvalue weighted by Gasteiger charge is -2.26. The molecule has 1 aliphatic rings. The molecule has 0 aromatic rings. The summed E-state index contributed by atoms with van der Waals surface area (Å²) in [5.74, 6) is 5.25. The molecule has 1 saturated carbocycles. The average Bonchev–Trinajstić information content (AvgIpc) is 2.68. The SMILES string of the molecule is CCCC1C(CCC)C(CCC)C(CCC)C1CCC. The Morgan fingerprint density at radius 2 is 0.500 bits per heavy atom. The first-order chi connectivity index (χ1) is 9.74. The predicted molar refractivity (Wildman–Crippen MR) is 92.0 cm³/mol. The number of hydrogen-bond donors (Lipinski definition) is 0. The van der Waals surface area contributed by atoms with Crippen LogP contribution in [0.3, 0.4) is 0 Å². The van der Waals surface area contributed by atoms with Gasteiger partial charge >= 0.3 is 0 Å². The van der Waals surface area contributed by atoms with Crippen molar-refractivity contribution in [1.82, 2.24) is 0 Å². The summed E-state index contributed by atoms with van der Waals surface area (Å²) in [7, 11) is 0. The van der Waals surface area contributed by atoms with Crippen molar-refractivity contribution in [3.63, 3.8) is 0 Å². The van der Waals surface area contributed by atoms with E-state index in [9.17, 15) is 0 Å². The van der Waals surface area contributed by atoms with Crippen molar-refractivity contribution in [2.24, 2.45) is 29.6 Å². The maximum Gasteiger partial charge on any atom is -0.0352 e. The van der Waals surface area contributed by atoms with Crippen LogP contribution in [0.25, 0.3) is 0 Å². The fourth-order valence-corrected chi connectivity index (χ4v) is 5.39. The Bertz CT molecular complexity index is 164. The standard InChI is InChI=1S/C20H40/c1-6-11-16-17(12-7-2)19(14-9-4)20(15-10-5)18(16)13-8-3/h16-20H,6-15H2,1-5H3. The third-order valence-corrected chi connectivity index (χ3v) is 5.86. The van der Waals surface area contributed by atoms with Gasteiger partial charge in [0.1, 0.15) is 0 Å². The van der Waals surface area contributed by atoms with Crippen molar-refractivity contribution in [2.45, 2.75) is 98.8 Å². The summed E-state index contributed by atoms with van der Waals surface area (Å²) >= 11 is 0. The van der Waals surface area contributed by atoms with Crippen molar-refractivity contribution in [3.05, 3.63) is 0 Å². The second-order valence-corrected chi connectivity index (χ2v) is 7.26. The minimum Gasteiger partial charge on any atom is -0.0654 e. The second kappa shape index (κ2) is 9.85. The first-order valence-corrected chi connectivity index (χ1v) is 9.74. The zero-order chi connectivity index (χ0) is 15.0. The molecule has 0 radical (unpaired) electrons. The van der Waals surface area contributed by atoms with E-state index in [2.05, 4.69) is 34.6 Å². The van der Waals surface area contributed by atoms with E-state index in [-0.39, 0.29) is 0 Å². The summed E-state index contributed by atoms with van der Waals surface area (Å²) in [6, 6.07) is 0. The molecule has 0 bridgehead atoms. The van der Waals surface area contributed by atoms with Gasteiger partial charge in [-0.1, -0.05) is 98.8 Å². The van der Waals surface area contributed by atoms with Gasteiger partial charge in [0.15, 0.2) is 0 Å². The monoisotopic (exact) mass is 280 g/mol. The molecule has 1 rings (SSSR count). The van der Waals surface area contributed by atoms with Crippen LogP contribution in [0.2, 0.25) is 0 Å². The molecule has 1 aliphatic carbocycles. The highest BCUT2D eigenvalue weighted by atomic mass is 14.5. The van der Waals surface area contributed by atoms with Crippen LogP contribution in [0.1, 0.15) is 98.8 Å². The minimum absolute atomic E-state index is 1.05. The maximum absolute atomic E-state index is 2.40. The van der Waals surface area contributed by atoms with Gasteiger partial charge in [0.25, 0.3) is 0 Å². The van der Waals surface area contributed by atoms with Gasteiger partial charge in [-0.25, -0.2) is 0 Å². The van der Waals surface area contributed by atoms with Crippen molar-refractivity contribution in [1.29, 1.82) is 0 Å². The molecular weight excluding hydrogens is 240 g/mol. The summed E-state index contributed by atoms with van der Waals surface area (Å²) in [6.07, 6.45) is 14.4. The summed E-state index contributed by atoms with van der Waals surface area (Å²) in [4.78, 5) is 0. The molecule has 0 amide bonds. The molecular formula is C20H40. The Morgan fingerprint density at radius 3 is 0.600 bits per heavy atom. The van der Waals surface area contributed by atoms with Crippen molar-refractivity contribution in [2.75, 3.05) is 0 Å². The van der Waals surface area contributed by atoms with Crippen LogP contribution in [0, 0.1) is 29.6 Å². The molecule has 0 spiro atoms. The van der Waals surface area contributed by atoms with E-state index in [0.717, 1.165) is 29.6 Å². The highest BCUT2D eigenvalue weighted by molar-refractivity contribution is 4.96. The number of rotatable bonds is 10. The molecule has 20 heavy (non-hydrogen) atoms. The van der Waals surface area contributed by atoms with Gasteiger partial charge in [0, 0.05) is 0 Å². The molecule has 0 atom stereocenters. The second-order valence-electron chi connectivity index (χ2n) is 7.26. The average molecular weight is 281 g/mol.